The van der Waals surface area contributed by atoms with Gasteiger partial charge in [0.2, 0.25) is 11.6 Å². The lowest BCUT2D eigenvalue weighted by molar-refractivity contribution is -0.117. The number of rotatable bonds is 3. The predicted octanol–water partition coefficient (Wildman–Crippen LogP) is 2.99. The van der Waals surface area contributed by atoms with Crippen LogP contribution in [-0.2, 0) is 4.79 Å². The molecule has 110 valence electrons. The minimum Gasteiger partial charge on any atom is -0.497 e. The summed E-state index contributed by atoms with van der Waals surface area (Å²) in [6.07, 6.45) is 1.67. The summed E-state index contributed by atoms with van der Waals surface area (Å²) < 4.78 is 5.17. The largest absolute Gasteiger partial charge is 0.497 e. The van der Waals surface area contributed by atoms with Gasteiger partial charge in [0.25, 0.3) is 0 Å². The van der Waals surface area contributed by atoms with E-state index in [0.717, 1.165) is 5.39 Å². The quantitative estimate of drug-likeness (QED) is 0.496. The summed E-state index contributed by atoms with van der Waals surface area (Å²) in [6.45, 7) is 3.55. The molecule has 0 radical (unpaired) electrons. The van der Waals surface area contributed by atoms with Gasteiger partial charge in [0.1, 0.15) is 5.75 Å². The zero-order valence-electron chi connectivity index (χ0n) is 12.1. The Morgan fingerprint density at radius 2 is 1.86 bits per heavy atom. The number of methoxy groups -OCH3 is 1. The fraction of sp³-hybridized carbons (Fsp3) is 0.167. The number of benzene rings is 2. The summed E-state index contributed by atoms with van der Waals surface area (Å²) in [5.41, 5.74) is 0.490. The zero-order chi connectivity index (χ0) is 15.9. The Kier molecular flexibility index (Phi) is 3.37. The monoisotopic (exact) mass is 294 g/mol. The van der Waals surface area contributed by atoms with E-state index >= 15 is 0 Å². The number of carbonyl (C=O) groups excluding carboxylic acids is 3. The molecule has 1 aliphatic rings. The Morgan fingerprint density at radius 3 is 2.55 bits per heavy atom. The SMILES string of the molecule is C=CCC1C(=O)C(=O)c2c(ccc3ccc(OC)cc23)C1=O. The number of hydrogen-bond donors (Lipinski definition) is 0. The van der Waals surface area contributed by atoms with Gasteiger partial charge >= 0.3 is 0 Å². The minimum atomic E-state index is -0.944. The lowest BCUT2D eigenvalue weighted by Crippen LogP contribution is -2.36. The van der Waals surface area contributed by atoms with Crippen LogP contribution in [0.15, 0.2) is 43.0 Å². The van der Waals surface area contributed by atoms with Crippen LogP contribution in [-0.4, -0.2) is 24.5 Å². The number of fused-ring (bicyclic) bond motifs is 3. The van der Waals surface area contributed by atoms with Gasteiger partial charge in [-0.15, -0.1) is 6.58 Å². The van der Waals surface area contributed by atoms with Crippen LogP contribution in [0.3, 0.4) is 0 Å². The third-order valence-corrected chi connectivity index (χ3v) is 3.98. The van der Waals surface area contributed by atoms with E-state index < -0.39 is 17.5 Å². The molecule has 0 bridgehead atoms. The van der Waals surface area contributed by atoms with Gasteiger partial charge < -0.3 is 4.74 Å². The van der Waals surface area contributed by atoms with E-state index in [0.29, 0.717) is 16.7 Å². The zero-order valence-corrected chi connectivity index (χ0v) is 12.1. The molecule has 0 heterocycles. The molecule has 0 aromatic heterocycles. The maximum Gasteiger partial charge on any atom is 0.230 e. The van der Waals surface area contributed by atoms with Crippen molar-refractivity contribution >= 4 is 28.1 Å². The molecule has 0 spiro atoms. The highest BCUT2D eigenvalue weighted by molar-refractivity contribution is 6.53. The molecule has 1 unspecified atom stereocenters. The Bertz CT molecular complexity index is 832. The van der Waals surface area contributed by atoms with Crippen molar-refractivity contribution in [2.75, 3.05) is 7.11 Å². The number of ether oxygens (including phenoxy) is 1. The molecule has 0 N–H and O–H groups in total. The average Bonchev–Trinajstić information content (AvgIpc) is 2.55. The van der Waals surface area contributed by atoms with Crippen molar-refractivity contribution in [3.63, 3.8) is 0 Å². The van der Waals surface area contributed by atoms with Crippen LogP contribution < -0.4 is 4.74 Å². The van der Waals surface area contributed by atoms with Crippen molar-refractivity contribution in [1.29, 1.82) is 0 Å². The third kappa shape index (κ3) is 1.96. The summed E-state index contributed by atoms with van der Waals surface area (Å²) in [4.78, 5) is 37.2. The molecule has 1 atom stereocenters. The van der Waals surface area contributed by atoms with Crippen LogP contribution in [0.5, 0.6) is 5.75 Å². The van der Waals surface area contributed by atoms with Crippen LogP contribution in [0.1, 0.15) is 27.1 Å². The van der Waals surface area contributed by atoms with Gasteiger partial charge in [-0.05, 0) is 35.4 Å². The summed E-state index contributed by atoms with van der Waals surface area (Å²) in [7, 11) is 1.52. The second-order valence-electron chi connectivity index (χ2n) is 5.21. The molecule has 0 fully saturated rings. The molecule has 0 saturated heterocycles. The second kappa shape index (κ2) is 5.22. The van der Waals surface area contributed by atoms with E-state index in [-0.39, 0.29) is 17.8 Å². The molecule has 0 saturated carbocycles. The van der Waals surface area contributed by atoms with Crippen molar-refractivity contribution < 1.29 is 19.1 Å². The van der Waals surface area contributed by atoms with Gasteiger partial charge in [-0.1, -0.05) is 18.2 Å². The normalized spacial score (nSPS) is 17.5. The van der Waals surface area contributed by atoms with Crippen molar-refractivity contribution in [2.45, 2.75) is 6.42 Å². The molecular weight excluding hydrogens is 280 g/mol. The number of hydrogen-bond acceptors (Lipinski definition) is 4. The first kappa shape index (κ1) is 14.2. The number of carbonyl (C=O) groups is 3. The summed E-state index contributed by atoms with van der Waals surface area (Å²) in [6, 6.07) is 8.64. The highest BCUT2D eigenvalue weighted by Crippen LogP contribution is 2.33. The topological polar surface area (TPSA) is 60.4 Å². The van der Waals surface area contributed by atoms with E-state index in [2.05, 4.69) is 6.58 Å². The minimum absolute atomic E-state index is 0.180. The summed E-state index contributed by atoms with van der Waals surface area (Å²) in [5.74, 6) is -1.96. The number of Topliss-reactive ketones (excluding diaryl/α,β-unsaturated/α-hetero) is 3. The number of allylic oxidation sites excluding steroid dienone is 1. The molecule has 0 aliphatic heterocycles. The van der Waals surface area contributed by atoms with E-state index in [1.165, 1.54) is 13.2 Å². The van der Waals surface area contributed by atoms with Crippen molar-refractivity contribution in [3.8, 4) is 5.75 Å². The summed E-state index contributed by atoms with van der Waals surface area (Å²) in [5, 5.41) is 1.36. The van der Waals surface area contributed by atoms with Gasteiger partial charge in [-0.3, -0.25) is 14.4 Å². The Labute approximate surface area is 127 Å². The van der Waals surface area contributed by atoms with E-state index in [1.54, 1.807) is 30.3 Å². The molecule has 22 heavy (non-hydrogen) atoms. The highest BCUT2D eigenvalue weighted by Gasteiger charge is 2.40. The molecule has 4 nitrogen and oxygen atoms in total. The average molecular weight is 294 g/mol. The fourth-order valence-corrected chi connectivity index (χ4v) is 2.84. The van der Waals surface area contributed by atoms with E-state index in [9.17, 15) is 14.4 Å². The molecular formula is C18H14O4. The van der Waals surface area contributed by atoms with Crippen LogP contribution >= 0.6 is 0 Å². The van der Waals surface area contributed by atoms with E-state index in [4.69, 9.17) is 4.74 Å². The third-order valence-electron chi connectivity index (χ3n) is 3.98. The van der Waals surface area contributed by atoms with Crippen LogP contribution in [0, 0.1) is 5.92 Å². The second-order valence-corrected chi connectivity index (χ2v) is 5.21. The Hall–Kier alpha value is -2.75. The molecule has 4 heteroatoms. The molecule has 3 rings (SSSR count). The van der Waals surface area contributed by atoms with Crippen LogP contribution in [0.4, 0.5) is 0 Å². The molecule has 1 aliphatic carbocycles. The van der Waals surface area contributed by atoms with E-state index in [1.807, 2.05) is 0 Å². The standard InChI is InChI=1S/C18H14O4/c1-3-4-13-16(19)12-8-6-10-5-7-11(22-2)9-14(10)15(12)18(21)17(13)20/h3,5-9,13H,1,4H2,2H3. The molecule has 2 aromatic carbocycles. The van der Waals surface area contributed by atoms with Gasteiger partial charge in [0.15, 0.2) is 5.78 Å². The van der Waals surface area contributed by atoms with Crippen molar-refractivity contribution in [3.05, 3.63) is 54.1 Å². The maximum absolute atomic E-state index is 12.5. The van der Waals surface area contributed by atoms with Crippen LogP contribution in [0.25, 0.3) is 10.8 Å². The van der Waals surface area contributed by atoms with Gasteiger partial charge in [0, 0.05) is 11.1 Å². The van der Waals surface area contributed by atoms with Crippen LogP contribution in [0.2, 0.25) is 0 Å². The summed E-state index contributed by atoms with van der Waals surface area (Å²) >= 11 is 0. The first-order valence-corrected chi connectivity index (χ1v) is 6.93. The van der Waals surface area contributed by atoms with Crippen molar-refractivity contribution in [1.82, 2.24) is 0 Å². The first-order chi connectivity index (χ1) is 10.6. The van der Waals surface area contributed by atoms with Gasteiger partial charge in [0.05, 0.1) is 13.0 Å². The Morgan fingerprint density at radius 1 is 1.14 bits per heavy atom. The lowest BCUT2D eigenvalue weighted by atomic mass is 9.77. The van der Waals surface area contributed by atoms with Gasteiger partial charge in [-0.25, -0.2) is 0 Å². The maximum atomic E-state index is 12.5. The fourth-order valence-electron chi connectivity index (χ4n) is 2.84. The van der Waals surface area contributed by atoms with Crippen molar-refractivity contribution in [2.24, 2.45) is 5.92 Å². The Balaban J connectivity index is 2.30. The smallest absolute Gasteiger partial charge is 0.230 e. The molecule has 0 amide bonds. The number of ketones is 3. The van der Waals surface area contributed by atoms with Gasteiger partial charge in [-0.2, -0.15) is 0 Å². The lowest BCUT2D eigenvalue weighted by Gasteiger charge is -2.21. The predicted molar refractivity (Wildman–Crippen MR) is 82.5 cm³/mol. The molecule has 2 aromatic rings. The highest BCUT2D eigenvalue weighted by atomic mass is 16.5. The first-order valence-electron chi connectivity index (χ1n) is 6.93.